The maximum Gasteiger partial charge on any atom is 0.214 e. The topological polar surface area (TPSA) is 82.2 Å². The molecule has 0 aliphatic heterocycles. The molecule has 8 heteroatoms. The van der Waals surface area contributed by atoms with Crippen molar-refractivity contribution in [3.8, 4) is 0 Å². The molecule has 0 bridgehead atoms. The summed E-state index contributed by atoms with van der Waals surface area (Å²) in [5.41, 5.74) is 0.819. The van der Waals surface area contributed by atoms with Gasteiger partial charge in [0.25, 0.3) is 0 Å². The molecule has 0 atom stereocenters. The molecule has 2 aromatic rings. The number of hydrogen-bond donors (Lipinski definition) is 1. The number of aromatic amines is 1. The van der Waals surface area contributed by atoms with Gasteiger partial charge in [0, 0.05) is 32.9 Å². The largest absolute Gasteiger partial charge is 0.356 e. The lowest BCUT2D eigenvalue weighted by Crippen LogP contribution is -2.46. The molecule has 0 saturated heterocycles. The minimum atomic E-state index is -3.20. The van der Waals surface area contributed by atoms with Gasteiger partial charge in [-0.2, -0.15) is 0 Å². The lowest BCUT2D eigenvalue weighted by atomic mass is 9.81. The maximum atomic E-state index is 12.4. The number of H-pyrrole nitrogens is 1. The minimum Gasteiger partial charge on any atom is -0.356 e. The van der Waals surface area contributed by atoms with Gasteiger partial charge in [-0.25, -0.2) is 22.7 Å². The highest BCUT2D eigenvalue weighted by Crippen LogP contribution is 2.36. The first-order valence-corrected chi connectivity index (χ1v) is 10.1. The zero-order chi connectivity index (χ0) is 18.0. The molecule has 1 saturated carbocycles. The smallest absolute Gasteiger partial charge is 0.214 e. The molecular formula is C17H25N5O2S. The van der Waals surface area contributed by atoms with Crippen LogP contribution < -0.4 is 4.90 Å². The van der Waals surface area contributed by atoms with Gasteiger partial charge in [-0.05, 0) is 31.2 Å². The first kappa shape index (κ1) is 17.9. The Morgan fingerprint density at radius 1 is 1.36 bits per heavy atom. The predicted octanol–water partition coefficient (Wildman–Crippen LogP) is 2.01. The molecule has 1 aliphatic carbocycles. The third kappa shape index (κ3) is 3.69. The Morgan fingerprint density at radius 3 is 2.84 bits per heavy atom. The fourth-order valence-corrected chi connectivity index (χ4v) is 4.81. The van der Waals surface area contributed by atoms with Gasteiger partial charge in [-0.15, -0.1) is 6.58 Å². The highest BCUT2D eigenvalue weighted by atomic mass is 32.2. The van der Waals surface area contributed by atoms with Crippen molar-refractivity contribution in [3.05, 3.63) is 31.2 Å². The molecule has 2 aromatic heterocycles. The van der Waals surface area contributed by atoms with Gasteiger partial charge in [0.1, 0.15) is 17.8 Å². The lowest BCUT2D eigenvalue weighted by molar-refractivity contribution is 0.279. The number of anilines is 1. The van der Waals surface area contributed by atoms with Crippen LogP contribution in [0.5, 0.6) is 0 Å². The van der Waals surface area contributed by atoms with Crippen LogP contribution in [0, 0.1) is 5.92 Å². The van der Waals surface area contributed by atoms with Gasteiger partial charge in [0.2, 0.25) is 10.0 Å². The third-order valence-electron chi connectivity index (χ3n) is 4.99. The van der Waals surface area contributed by atoms with Gasteiger partial charge in [0.05, 0.1) is 11.1 Å². The molecule has 0 unspecified atom stereocenters. The van der Waals surface area contributed by atoms with Crippen LogP contribution in [0.3, 0.4) is 0 Å². The van der Waals surface area contributed by atoms with Gasteiger partial charge in [-0.3, -0.25) is 0 Å². The van der Waals surface area contributed by atoms with E-state index in [-0.39, 0.29) is 11.7 Å². The second kappa shape index (κ2) is 7.13. The first-order chi connectivity index (χ1) is 11.9. The summed E-state index contributed by atoms with van der Waals surface area (Å²) in [4.78, 5) is 13.8. The molecule has 7 nitrogen and oxygen atoms in total. The zero-order valence-corrected chi connectivity index (χ0v) is 15.5. The summed E-state index contributed by atoms with van der Waals surface area (Å²) < 4.78 is 26.2. The second-order valence-corrected chi connectivity index (χ2v) is 8.84. The molecule has 1 aliphatic rings. The van der Waals surface area contributed by atoms with Crippen molar-refractivity contribution in [2.24, 2.45) is 5.92 Å². The van der Waals surface area contributed by atoms with E-state index in [1.807, 2.05) is 19.3 Å². The highest BCUT2D eigenvalue weighted by molar-refractivity contribution is 7.89. The average Bonchev–Trinajstić information content (AvgIpc) is 3.03. The Kier molecular flexibility index (Phi) is 5.10. The van der Waals surface area contributed by atoms with Crippen LogP contribution in [0.2, 0.25) is 0 Å². The van der Waals surface area contributed by atoms with Crippen molar-refractivity contribution in [3.63, 3.8) is 0 Å². The molecule has 0 spiro atoms. The van der Waals surface area contributed by atoms with Gasteiger partial charge < -0.3 is 9.88 Å². The number of aromatic nitrogens is 3. The van der Waals surface area contributed by atoms with E-state index in [1.54, 1.807) is 19.5 Å². The molecule has 136 valence electrons. The van der Waals surface area contributed by atoms with Crippen LogP contribution in [-0.4, -0.2) is 60.1 Å². The number of fused-ring (bicyclic) bond motifs is 1. The maximum absolute atomic E-state index is 12.4. The molecular weight excluding hydrogens is 338 g/mol. The van der Waals surface area contributed by atoms with E-state index in [1.165, 1.54) is 4.31 Å². The van der Waals surface area contributed by atoms with Gasteiger partial charge in [-0.1, -0.05) is 6.08 Å². The average molecular weight is 363 g/mol. The fourth-order valence-electron chi connectivity index (χ4n) is 3.30. The summed E-state index contributed by atoms with van der Waals surface area (Å²) in [6.45, 7) is 4.13. The number of hydrogen-bond acceptors (Lipinski definition) is 5. The number of sulfonamides is 1. The van der Waals surface area contributed by atoms with Crippen LogP contribution in [-0.2, 0) is 10.0 Å². The molecule has 0 radical (unpaired) electrons. The van der Waals surface area contributed by atoms with E-state index < -0.39 is 10.0 Å². The monoisotopic (exact) mass is 363 g/mol. The Morgan fingerprint density at radius 2 is 2.12 bits per heavy atom. The summed E-state index contributed by atoms with van der Waals surface area (Å²) >= 11 is 0. The Labute approximate surface area is 148 Å². The molecule has 1 fully saturated rings. The van der Waals surface area contributed by atoms with Gasteiger partial charge >= 0.3 is 0 Å². The Bertz CT molecular complexity index is 842. The van der Waals surface area contributed by atoms with E-state index in [2.05, 4.69) is 26.4 Å². The lowest BCUT2D eigenvalue weighted by Gasteiger charge is -2.42. The van der Waals surface area contributed by atoms with Crippen LogP contribution in [0.25, 0.3) is 11.0 Å². The van der Waals surface area contributed by atoms with Crippen molar-refractivity contribution in [2.45, 2.75) is 25.3 Å². The van der Waals surface area contributed by atoms with E-state index in [4.69, 9.17) is 0 Å². The Balaban J connectivity index is 1.59. The standard InChI is InChI=1S/C17H25N5O2S/c1-4-5-8-21(2)25(23,24)11-13-9-14(10-13)22(3)17-15-6-7-18-16(15)19-12-20-17/h4,6-7,12-14H,1,5,8-11H2,2-3H3,(H,18,19,20)/t13-,14+. The molecule has 1 N–H and O–H groups in total. The quantitative estimate of drug-likeness (QED) is 0.726. The summed E-state index contributed by atoms with van der Waals surface area (Å²) in [5.74, 6) is 1.31. The van der Waals surface area contributed by atoms with Crippen molar-refractivity contribution in [1.29, 1.82) is 0 Å². The zero-order valence-electron chi connectivity index (χ0n) is 14.7. The summed E-state index contributed by atoms with van der Waals surface area (Å²) in [6, 6.07) is 2.28. The van der Waals surface area contributed by atoms with Crippen molar-refractivity contribution < 1.29 is 8.42 Å². The van der Waals surface area contributed by atoms with Gasteiger partial charge in [0.15, 0.2) is 0 Å². The second-order valence-electron chi connectivity index (χ2n) is 6.72. The van der Waals surface area contributed by atoms with Crippen molar-refractivity contribution in [2.75, 3.05) is 31.3 Å². The van der Waals surface area contributed by atoms with E-state index in [0.29, 0.717) is 19.0 Å². The summed E-state index contributed by atoms with van der Waals surface area (Å²) in [6.07, 6.45) is 7.55. The Hall–Kier alpha value is -1.93. The molecule has 2 heterocycles. The molecule has 25 heavy (non-hydrogen) atoms. The van der Waals surface area contributed by atoms with E-state index >= 15 is 0 Å². The number of rotatable bonds is 8. The molecule has 0 amide bonds. The van der Waals surface area contributed by atoms with Crippen LogP contribution in [0.1, 0.15) is 19.3 Å². The van der Waals surface area contributed by atoms with Crippen molar-refractivity contribution >= 4 is 26.9 Å². The van der Waals surface area contributed by atoms with Crippen LogP contribution in [0.4, 0.5) is 5.82 Å². The first-order valence-electron chi connectivity index (χ1n) is 8.48. The number of nitrogens with zero attached hydrogens (tertiary/aromatic N) is 4. The van der Waals surface area contributed by atoms with Crippen LogP contribution >= 0.6 is 0 Å². The van der Waals surface area contributed by atoms with Crippen molar-refractivity contribution in [1.82, 2.24) is 19.3 Å². The van der Waals surface area contributed by atoms with E-state index in [9.17, 15) is 8.42 Å². The predicted molar refractivity (Wildman–Crippen MR) is 100 cm³/mol. The minimum absolute atomic E-state index is 0.201. The highest BCUT2D eigenvalue weighted by Gasteiger charge is 2.36. The number of nitrogens with one attached hydrogen (secondary N) is 1. The molecule has 0 aromatic carbocycles. The van der Waals surface area contributed by atoms with E-state index in [0.717, 1.165) is 29.7 Å². The summed E-state index contributed by atoms with van der Waals surface area (Å²) in [7, 11) is 0.462. The molecule has 3 rings (SSSR count). The fraction of sp³-hybridized carbons (Fsp3) is 0.529. The SMILES string of the molecule is C=CCCN(C)S(=O)(=O)C[C@H]1C[C@@H](N(C)c2ncnc3[nH]ccc23)C1. The van der Waals surface area contributed by atoms with Crippen LogP contribution in [0.15, 0.2) is 31.2 Å². The summed E-state index contributed by atoms with van der Waals surface area (Å²) in [5, 5.41) is 0.991. The normalized spacial score (nSPS) is 20.6. The third-order valence-corrected chi connectivity index (χ3v) is 7.02.